The van der Waals surface area contributed by atoms with Gasteiger partial charge in [-0.3, -0.25) is 0 Å². The van der Waals surface area contributed by atoms with Gasteiger partial charge in [-0.1, -0.05) is 31.9 Å². The number of nitrogens with one attached hydrogen (secondary N) is 1. The average Bonchev–Trinajstić information content (AvgIpc) is 2.68. The van der Waals surface area contributed by atoms with Gasteiger partial charge in [0.2, 0.25) is 10.0 Å². The van der Waals surface area contributed by atoms with Crippen LogP contribution in [0.5, 0.6) is 0 Å². The topological polar surface area (TPSA) is 55.4 Å². The first kappa shape index (κ1) is 14.9. The summed E-state index contributed by atoms with van der Waals surface area (Å²) < 4.78 is 31.8. The molecule has 0 bridgehead atoms. The smallest absolute Gasteiger partial charge is 0.214 e. The first-order valence-electron chi connectivity index (χ1n) is 5.16. The highest BCUT2D eigenvalue weighted by Crippen LogP contribution is 2.17. The maximum atomic E-state index is 11.9. The van der Waals surface area contributed by atoms with E-state index in [0.29, 0.717) is 17.3 Å². The van der Waals surface area contributed by atoms with Gasteiger partial charge in [0, 0.05) is 22.8 Å². The Bertz CT molecular complexity index is 311. The van der Waals surface area contributed by atoms with Crippen LogP contribution in [0.2, 0.25) is 0 Å². The fourth-order valence-electron chi connectivity index (χ4n) is 1.53. The van der Waals surface area contributed by atoms with Gasteiger partial charge in [-0.15, -0.1) is 0 Å². The van der Waals surface area contributed by atoms with E-state index in [0.717, 1.165) is 12.8 Å². The third-order valence-electron chi connectivity index (χ3n) is 2.42. The fraction of sp³-hybridized carbons (Fsp3) is 1.00. The van der Waals surface area contributed by atoms with Crippen molar-refractivity contribution in [1.82, 2.24) is 4.72 Å². The highest BCUT2D eigenvalue weighted by atomic mass is 79.9. The summed E-state index contributed by atoms with van der Waals surface area (Å²) in [5.41, 5.74) is -0.489. The second-order valence-corrected chi connectivity index (χ2v) is 7.23. The molecule has 1 aliphatic rings. The molecular weight excluding hydrogens is 362 g/mol. The predicted octanol–water partition coefficient (Wildman–Crippen LogP) is 1.63. The number of hydrogen-bond acceptors (Lipinski definition) is 3. The second-order valence-electron chi connectivity index (χ2n) is 4.35. The van der Waals surface area contributed by atoms with Gasteiger partial charge >= 0.3 is 0 Å². The van der Waals surface area contributed by atoms with E-state index in [9.17, 15) is 8.42 Å². The molecule has 0 radical (unpaired) electrons. The summed E-state index contributed by atoms with van der Waals surface area (Å²) in [5.74, 6) is 0.0581. The minimum atomic E-state index is -3.28. The lowest BCUT2D eigenvalue weighted by Crippen LogP contribution is -2.50. The van der Waals surface area contributed by atoms with Crippen molar-refractivity contribution in [2.24, 2.45) is 0 Å². The standard InChI is InChI=1S/C9H17Br2NO3S/c1-9(6-10,7-11)12-16(13,14)5-8-3-2-4-15-8/h8,12H,2-7H2,1H3. The molecule has 1 atom stereocenters. The Morgan fingerprint density at radius 1 is 1.44 bits per heavy atom. The summed E-state index contributed by atoms with van der Waals surface area (Å²) in [6, 6.07) is 0. The van der Waals surface area contributed by atoms with E-state index in [1.54, 1.807) is 0 Å². The molecule has 0 aromatic carbocycles. The van der Waals surface area contributed by atoms with E-state index in [2.05, 4.69) is 36.6 Å². The maximum Gasteiger partial charge on any atom is 0.214 e. The molecule has 0 saturated carbocycles. The summed E-state index contributed by atoms with van der Waals surface area (Å²) in [6.45, 7) is 2.53. The number of ether oxygens (including phenoxy) is 1. The van der Waals surface area contributed by atoms with Crippen LogP contribution in [0, 0.1) is 0 Å². The van der Waals surface area contributed by atoms with Crippen LogP contribution in [0.25, 0.3) is 0 Å². The Labute approximate surface area is 114 Å². The van der Waals surface area contributed by atoms with Gasteiger partial charge in [-0.05, 0) is 19.8 Å². The highest BCUT2D eigenvalue weighted by Gasteiger charge is 2.30. The molecule has 1 unspecified atom stereocenters. The van der Waals surface area contributed by atoms with Crippen LogP contribution in [0.1, 0.15) is 19.8 Å². The molecule has 4 nitrogen and oxygen atoms in total. The van der Waals surface area contributed by atoms with Crippen LogP contribution < -0.4 is 4.72 Å². The van der Waals surface area contributed by atoms with E-state index in [1.807, 2.05) is 6.92 Å². The normalized spacial score (nSPS) is 22.6. The Morgan fingerprint density at radius 2 is 2.06 bits per heavy atom. The van der Waals surface area contributed by atoms with Crippen LogP contribution >= 0.6 is 31.9 Å². The third-order valence-corrected chi connectivity index (χ3v) is 6.51. The fourth-order valence-corrected chi connectivity index (χ4v) is 4.84. The van der Waals surface area contributed by atoms with Crippen LogP contribution in [-0.4, -0.2) is 43.1 Å². The Hall–Kier alpha value is 0.830. The van der Waals surface area contributed by atoms with E-state index < -0.39 is 15.6 Å². The zero-order valence-corrected chi connectivity index (χ0v) is 13.2. The van der Waals surface area contributed by atoms with Gasteiger partial charge in [0.15, 0.2) is 0 Å². The van der Waals surface area contributed by atoms with Crippen molar-refractivity contribution in [2.75, 3.05) is 23.0 Å². The van der Waals surface area contributed by atoms with Gasteiger partial charge in [-0.2, -0.15) is 0 Å². The van der Waals surface area contributed by atoms with Crippen molar-refractivity contribution >= 4 is 41.9 Å². The molecule has 0 spiro atoms. The lowest BCUT2D eigenvalue weighted by Gasteiger charge is -2.26. The molecule has 1 rings (SSSR count). The Kier molecular flexibility index (Phi) is 5.71. The molecule has 1 fully saturated rings. The van der Waals surface area contributed by atoms with Crippen LogP contribution in [-0.2, 0) is 14.8 Å². The molecule has 1 heterocycles. The molecule has 1 saturated heterocycles. The average molecular weight is 379 g/mol. The van der Waals surface area contributed by atoms with Crippen molar-refractivity contribution in [1.29, 1.82) is 0 Å². The highest BCUT2D eigenvalue weighted by molar-refractivity contribution is 9.09. The Morgan fingerprint density at radius 3 is 2.50 bits per heavy atom. The number of alkyl halides is 2. The third kappa shape index (κ3) is 4.60. The van der Waals surface area contributed by atoms with Gasteiger partial charge < -0.3 is 4.74 Å². The van der Waals surface area contributed by atoms with Crippen molar-refractivity contribution in [3.8, 4) is 0 Å². The van der Waals surface area contributed by atoms with Crippen LogP contribution in [0.15, 0.2) is 0 Å². The number of sulfonamides is 1. The minimum Gasteiger partial charge on any atom is -0.377 e. The largest absolute Gasteiger partial charge is 0.377 e. The number of hydrogen-bond donors (Lipinski definition) is 1. The molecular formula is C9H17Br2NO3S. The van der Waals surface area contributed by atoms with E-state index >= 15 is 0 Å². The number of halogens is 2. The van der Waals surface area contributed by atoms with Gasteiger partial charge in [0.1, 0.15) is 0 Å². The molecule has 0 amide bonds. The van der Waals surface area contributed by atoms with E-state index in [4.69, 9.17) is 4.74 Å². The molecule has 1 N–H and O–H groups in total. The molecule has 0 aromatic heterocycles. The summed E-state index contributed by atoms with van der Waals surface area (Å²) >= 11 is 6.62. The predicted molar refractivity (Wildman–Crippen MR) is 71.9 cm³/mol. The summed E-state index contributed by atoms with van der Waals surface area (Å²) in [4.78, 5) is 0. The first-order chi connectivity index (χ1) is 7.41. The molecule has 0 aromatic rings. The van der Waals surface area contributed by atoms with Crippen LogP contribution in [0.4, 0.5) is 0 Å². The Balaban J connectivity index is 2.56. The first-order valence-corrected chi connectivity index (χ1v) is 9.05. The van der Waals surface area contributed by atoms with Crippen molar-refractivity contribution in [3.63, 3.8) is 0 Å². The monoisotopic (exact) mass is 377 g/mol. The van der Waals surface area contributed by atoms with Gasteiger partial charge in [0.25, 0.3) is 0 Å². The quantitative estimate of drug-likeness (QED) is 0.714. The van der Waals surface area contributed by atoms with Crippen molar-refractivity contribution in [2.45, 2.75) is 31.4 Å². The van der Waals surface area contributed by atoms with Gasteiger partial charge in [-0.25, -0.2) is 13.1 Å². The van der Waals surface area contributed by atoms with E-state index in [1.165, 1.54) is 0 Å². The second kappa shape index (κ2) is 6.13. The molecule has 96 valence electrons. The molecule has 1 aliphatic heterocycles. The van der Waals surface area contributed by atoms with Crippen LogP contribution in [0.3, 0.4) is 0 Å². The van der Waals surface area contributed by atoms with Crippen molar-refractivity contribution in [3.05, 3.63) is 0 Å². The lowest BCUT2D eigenvalue weighted by atomic mass is 10.1. The minimum absolute atomic E-state index is 0.0581. The maximum absolute atomic E-state index is 11.9. The molecule has 16 heavy (non-hydrogen) atoms. The summed E-state index contributed by atoms with van der Waals surface area (Å²) in [5, 5.41) is 1.13. The number of rotatable bonds is 6. The zero-order chi connectivity index (χ0) is 12.2. The lowest BCUT2D eigenvalue weighted by molar-refractivity contribution is 0.127. The summed E-state index contributed by atoms with van der Waals surface area (Å²) in [7, 11) is -3.28. The van der Waals surface area contributed by atoms with Crippen molar-refractivity contribution < 1.29 is 13.2 Å². The SMILES string of the molecule is CC(CBr)(CBr)NS(=O)(=O)CC1CCCO1. The summed E-state index contributed by atoms with van der Waals surface area (Å²) in [6.07, 6.45) is 1.64. The van der Waals surface area contributed by atoms with E-state index in [-0.39, 0.29) is 11.9 Å². The zero-order valence-electron chi connectivity index (χ0n) is 9.21. The molecule has 7 heteroatoms. The molecule has 0 aliphatic carbocycles. The van der Waals surface area contributed by atoms with Gasteiger partial charge in [0.05, 0.1) is 11.9 Å².